The zero-order chi connectivity index (χ0) is 13.0. The molecule has 0 spiro atoms. The van der Waals surface area contributed by atoms with E-state index >= 15 is 0 Å². The summed E-state index contributed by atoms with van der Waals surface area (Å²) in [5.41, 5.74) is 0. The minimum absolute atomic E-state index is 0.360. The van der Waals surface area contributed by atoms with Crippen molar-refractivity contribution in [3.8, 4) is 0 Å². The van der Waals surface area contributed by atoms with Crippen LogP contribution in [-0.2, 0) is 4.74 Å². The summed E-state index contributed by atoms with van der Waals surface area (Å²) >= 11 is 7.62. The Bertz CT molecular complexity index is 366. The molecule has 2 rings (SSSR count). The molecule has 5 heteroatoms. The van der Waals surface area contributed by atoms with Gasteiger partial charge in [0.15, 0.2) is 0 Å². The Kier molecular flexibility index (Phi) is 5.45. The lowest BCUT2D eigenvalue weighted by Gasteiger charge is -2.30. The number of rotatable bonds is 5. The van der Waals surface area contributed by atoms with E-state index in [2.05, 4.69) is 30.1 Å². The molecule has 1 saturated heterocycles. The standard InChI is InChI=1S/C13H21ClN2OS/c1-10(9-16-5-7-17-8-6-16)15-11(2)12-3-4-13(14)18-12/h3-4,10-11,15H,5-9H2,1-2H3. The highest BCUT2D eigenvalue weighted by atomic mass is 35.5. The number of nitrogens with one attached hydrogen (secondary N) is 1. The van der Waals surface area contributed by atoms with Gasteiger partial charge in [0.25, 0.3) is 0 Å². The normalized spacial score (nSPS) is 20.8. The minimum Gasteiger partial charge on any atom is -0.379 e. The summed E-state index contributed by atoms with van der Waals surface area (Å²) in [5.74, 6) is 0. The van der Waals surface area contributed by atoms with Crippen LogP contribution in [0.1, 0.15) is 24.8 Å². The Morgan fingerprint density at radius 2 is 2.11 bits per heavy atom. The van der Waals surface area contributed by atoms with Crippen LogP contribution in [0.2, 0.25) is 4.34 Å². The van der Waals surface area contributed by atoms with E-state index in [1.54, 1.807) is 11.3 Å². The second-order valence-electron chi connectivity index (χ2n) is 4.84. The van der Waals surface area contributed by atoms with Crippen LogP contribution in [0.3, 0.4) is 0 Å². The fourth-order valence-electron chi connectivity index (χ4n) is 2.29. The van der Waals surface area contributed by atoms with Gasteiger partial charge in [0.1, 0.15) is 0 Å². The van der Waals surface area contributed by atoms with Gasteiger partial charge in [-0.05, 0) is 26.0 Å². The maximum atomic E-state index is 5.97. The van der Waals surface area contributed by atoms with E-state index in [1.807, 2.05) is 6.07 Å². The van der Waals surface area contributed by atoms with Crippen LogP contribution < -0.4 is 5.32 Å². The van der Waals surface area contributed by atoms with Gasteiger partial charge in [0.05, 0.1) is 17.6 Å². The van der Waals surface area contributed by atoms with Crippen molar-refractivity contribution < 1.29 is 4.74 Å². The number of ether oxygens (including phenoxy) is 1. The molecule has 1 N–H and O–H groups in total. The Hall–Kier alpha value is -0.130. The molecule has 1 aliphatic rings. The van der Waals surface area contributed by atoms with Crippen LogP contribution in [0, 0.1) is 0 Å². The third kappa shape index (κ3) is 4.21. The van der Waals surface area contributed by atoms with Gasteiger partial charge in [0.2, 0.25) is 0 Å². The average Bonchev–Trinajstić information content (AvgIpc) is 2.77. The van der Waals surface area contributed by atoms with Crippen molar-refractivity contribution >= 4 is 22.9 Å². The van der Waals surface area contributed by atoms with Gasteiger partial charge in [-0.2, -0.15) is 0 Å². The predicted molar refractivity (Wildman–Crippen MR) is 77.6 cm³/mol. The quantitative estimate of drug-likeness (QED) is 0.902. The molecule has 0 bridgehead atoms. The molecule has 18 heavy (non-hydrogen) atoms. The van der Waals surface area contributed by atoms with Gasteiger partial charge < -0.3 is 10.1 Å². The second-order valence-corrected chi connectivity index (χ2v) is 6.59. The fourth-order valence-corrected chi connectivity index (χ4v) is 3.37. The first kappa shape index (κ1) is 14.3. The van der Waals surface area contributed by atoms with Gasteiger partial charge in [-0.1, -0.05) is 11.6 Å². The van der Waals surface area contributed by atoms with E-state index in [0.29, 0.717) is 12.1 Å². The molecular formula is C13H21ClN2OS. The zero-order valence-electron chi connectivity index (χ0n) is 11.0. The highest BCUT2D eigenvalue weighted by molar-refractivity contribution is 7.16. The molecule has 1 aliphatic heterocycles. The molecule has 2 heterocycles. The largest absolute Gasteiger partial charge is 0.379 e. The number of hydrogen-bond acceptors (Lipinski definition) is 4. The molecule has 0 aliphatic carbocycles. The summed E-state index contributed by atoms with van der Waals surface area (Å²) in [6, 6.07) is 4.90. The fraction of sp³-hybridized carbons (Fsp3) is 0.692. The highest BCUT2D eigenvalue weighted by Crippen LogP contribution is 2.26. The van der Waals surface area contributed by atoms with Gasteiger partial charge in [0, 0.05) is 36.6 Å². The van der Waals surface area contributed by atoms with E-state index in [4.69, 9.17) is 16.3 Å². The van der Waals surface area contributed by atoms with Crippen LogP contribution >= 0.6 is 22.9 Å². The molecule has 102 valence electrons. The van der Waals surface area contributed by atoms with Crippen LogP contribution in [0.15, 0.2) is 12.1 Å². The maximum absolute atomic E-state index is 5.97. The molecule has 1 aromatic rings. The van der Waals surface area contributed by atoms with E-state index < -0.39 is 0 Å². The van der Waals surface area contributed by atoms with Gasteiger partial charge >= 0.3 is 0 Å². The lowest BCUT2D eigenvalue weighted by atomic mass is 10.2. The van der Waals surface area contributed by atoms with Crippen molar-refractivity contribution in [2.24, 2.45) is 0 Å². The Labute approximate surface area is 118 Å². The van der Waals surface area contributed by atoms with Crippen molar-refractivity contribution in [1.29, 1.82) is 0 Å². The monoisotopic (exact) mass is 288 g/mol. The lowest BCUT2D eigenvalue weighted by Crippen LogP contribution is -2.44. The van der Waals surface area contributed by atoms with E-state index in [9.17, 15) is 0 Å². The Morgan fingerprint density at radius 1 is 1.39 bits per heavy atom. The summed E-state index contributed by atoms with van der Waals surface area (Å²) in [7, 11) is 0. The molecule has 2 atom stereocenters. The lowest BCUT2D eigenvalue weighted by molar-refractivity contribution is 0.0339. The number of morpholine rings is 1. The van der Waals surface area contributed by atoms with Gasteiger partial charge in [-0.25, -0.2) is 0 Å². The van der Waals surface area contributed by atoms with E-state index in [-0.39, 0.29) is 0 Å². The summed E-state index contributed by atoms with van der Waals surface area (Å²) in [4.78, 5) is 3.75. The number of nitrogens with zero attached hydrogens (tertiary/aromatic N) is 1. The molecule has 1 fully saturated rings. The molecule has 0 saturated carbocycles. The van der Waals surface area contributed by atoms with Crippen molar-refractivity contribution in [3.05, 3.63) is 21.3 Å². The molecule has 0 aromatic carbocycles. The number of hydrogen-bond donors (Lipinski definition) is 1. The van der Waals surface area contributed by atoms with Crippen molar-refractivity contribution in [1.82, 2.24) is 10.2 Å². The third-order valence-corrected chi connectivity index (χ3v) is 4.60. The zero-order valence-corrected chi connectivity index (χ0v) is 12.6. The van der Waals surface area contributed by atoms with Gasteiger partial charge in [-0.15, -0.1) is 11.3 Å². The Balaban J connectivity index is 1.77. The molecule has 1 aromatic heterocycles. The third-order valence-electron chi connectivity index (χ3n) is 3.19. The molecule has 3 nitrogen and oxygen atoms in total. The first-order valence-electron chi connectivity index (χ1n) is 6.46. The Morgan fingerprint density at radius 3 is 2.72 bits per heavy atom. The summed E-state index contributed by atoms with van der Waals surface area (Å²) < 4.78 is 6.22. The van der Waals surface area contributed by atoms with Crippen molar-refractivity contribution in [3.63, 3.8) is 0 Å². The van der Waals surface area contributed by atoms with Crippen LogP contribution in [0.25, 0.3) is 0 Å². The highest BCUT2D eigenvalue weighted by Gasteiger charge is 2.16. The number of halogens is 1. The summed E-state index contributed by atoms with van der Waals surface area (Å²) in [6.45, 7) is 9.33. The maximum Gasteiger partial charge on any atom is 0.0931 e. The van der Waals surface area contributed by atoms with Crippen molar-refractivity contribution in [2.75, 3.05) is 32.8 Å². The summed E-state index contributed by atoms with van der Waals surface area (Å²) in [5, 5.41) is 3.63. The van der Waals surface area contributed by atoms with Crippen LogP contribution in [0.5, 0.6) is 0 Å². The van der Waals surface area contributed by atoms with Crippen LogP contribution in [-0.4, -0.2) is 43.8 Å². The van der Waals surface area contributed by atoms with Gasteiger partial charge in [-0.3, -0.25) is 4.90 Å². The molecule has 2 unspecified atom stereocenters. The predicted octanol–water partition coefficient (Wildman–Crippen LogP) is 2.77. The first-order chi connectivity index (χ1) is 8.65. The average molecular weight is 289 g/mol. The molecular weight excluding hydrogens is 268 g/mol. The second kappa shape index (κ2) is 6.87. The SMILES string of the molecule is CC(CN1CCOCC1)NC(C)c1ccc(Cl)s1. The topological polar surface area (TPSA) is 24.5 Å². The molecule has 0 radical (unpaired) electrons. The smallest absolute Gasteiger partial charge is 0.0931 e. The first-order valence-corrected chi connectivity index (χ1v) is 7.66. The van der Waals surface area contributed by atoms with E-state index in [0.717, 1.165) is 37.2 Å². The summed E-state index contributed by atoms with van der Waals surface area (Å²) in [6.07, 6.45) is 0. The van der Waals surface area contributed by atoms with Crippen molar-refractivity contribution in [2.45, 2.75) is 25.9 Å². The number of thiophene rings is 1. The van der Waals surface area contributed by atoms with Crippen LogP contribution in [0.4, 0.5) is 0 Å². The van der Waals surface area contributed by atoms with E-state index in [1.165, 1.54) is 4.88 Å². The minimum atomic E-state index is 0.360. The molecule has 0 amide bonds.